The Morgan fingerprint density at radius 3 is 2.39 bits per heavy atom. The van der Waals surface area contributed by atoms with Gasteiger partial charge < -0.3 is 15.2 Å². The van der Waals surface area contributed by atoms with Crippen molar-refractivity contribution in [2.45, 2.75) is 25.3 Å². The van der Waals surface area contributed by atoms with E-state index in [9.17, 15) is 0 Å². The van der Waals surface area contributed by atoms with Gasteiger partial charge in [0.05, 0.1) is 19.2 Å². The number of hydrogen-bond acceptors (Lipinski definition) is 3. The molecule has 0 heterocycles. The summed E-state index contributed by atoms with van der Waals surface area (Å²) in [5.74, 6) is 1.76. The number of benzene rings is 1. The van der Waals surface area contributed by atoms with Crippen LogP contribution < -0.4 is 15.2 Å². The van der Waals surface area contributed by atoms with Gasteiger partial charge in [-0.2, -0.15) is 0 Å². The number of halogens is 2. The first-order chi connectivity index (χ1) is 8.19. The lowest BCUT2D eigenvalue weighted by atomic mass is 9.77. The highest BCUT2D eigenvalue weighted by Gasteiger charge is 2.28. The van der Waals surface area contributed by atoms with E-state index in [0.717, 1.165) is 5.56 Å². The van der Waals surface area contributed by atoms with Crippen molar-refractivity contribution >= 4 is 24.0 Å². The molecule has 1 aliphatic rings. The van der Waals surface area contributed by atoms with Gasteiger partial charge in [0.25, 0.3) is 0 Å². The Kier molecular flexibility index (Phi) is 5.57. The number of hydrogen-bond donors (Lipinski definition) is 1. The molecule has 0 radical (unpaired) electrons. The molecule has 0 saturated heterocycles. The lowest BCUT2D eigenvalue weighted by molar-refractivity contribution is 0.263. The lowest BCUT2D eigenvalue weighted by Crippen LogP contribution is -2.27. The van der Waals surface area contributed by atoms with E-state index in [0.29, 0.717) is 22.4 Å². The Balaban J connectivity index is 0.00000162. The monoisotopic (exact) mass is 291 g/mol. The van der Waals surface area contributed by atoms with Crippen molar-refractivity contribution < 1.29 is 9.47 Å². The second-order valence-corrected chi connectivity index (χ2v) is 4.80. The summed E-state index contributed by atoms with van der Waals surface area (Å²) in [5.41, 5.74) is 7.19. The fraction of sp³-hybridized carbons (Fsp3) is 0.538. The topological polar surface area (TPSA) is 44.5 Å². The zero-order valence-electron chi connectivity index (χ0n) is 10.6. The van der Waals surface area contributed by atoms with Crippen LogP contribution in [0.15, 0.2) is 12.1 Å². The maximum Gasteiger partial charge on any atom is 0.179 e. The maximum absolute atomic E-state index is 6.33. The molecule has 1 aromatic rings. The van der Waals surface area contributed by atoms with Gasteiger partial charge >= 0.3 is 0 Å². The first-order valence-corrected chi connectivity index (χ1v) is 6.22. The molecule has 18 heavy (non-hydrogen) atoms. The van der Waals surface area contributed by atoms with E-state index >= 15 is 0 Å². The van der Waals surface area contributed by atoms with Crippen molar-refractivity contribution in [1.82, 2.24) is 0 Å². The molecule has 1 fully saturated rings. The van der Waals surface area contributed by atoms with Crippen molar-refractivity contribution in [3.8, 4) is 11.5 Å². The Labute approximate surface area is 119 Å². The standard InChI is InChI=1S/C13H18ClNO2.ClH/c1-16-10-7-6-9(11(14)13(10)17-2)12(15)8-4-3-5-8;/h6-8,12H,3-5,15H2,1-2H3;1H/t12-;/m0./s1. The van der Waals surface area contributed by atoms with Crippen LogP contribution in [-0.2, 0) is 0 Å². The van der Waals surface area contributed by atoms with Crippen LogP contribution in [0.1, 0.15) is 30.9 Å². The van der Waals surface area contributed by atoms with E-state index in [-0.39, 0.29) is 18.4 Å². The molecule has 0 amide bonds. The molecule has 1 aliphatic carbocycles. The number of methoxy groups -OCH3 is 2. The lowest BCUT2D eigenvalue weighted by Gasteiger charge is -2.32. The first-order valence-electron chi connectivity index (χ1n) is 5.85. The molecule has 102 valence electrons. The van der Waals surface area contributed by atoms with Crippen LogP contribution in [0.2, 0.25) is 5.02 Å². The highest BCUT2D eigenvalue weighted by Crippen LogP contribution is 2.44. The van der Waals surface area contributed by atoms with Crippen molar-refractivity contribution in [2.75, 3.05) is 14.2 Å². The van der Waals surface area contributed by atoms with Crippen molar-refractivity contribution in [2.24, 2.45) is 11.7 Å². The summed E-state index contributed by atoms with van der Waals surface area (Å²) in [6, 6.07) is 3.79. The average molecular weight is 292 g/mol. The molecule has 1 saturated carbocycles. The SMILES string of the molecule is COc1ccc([C@@H](N)C2CCC2)c(Cl)c1OC.Cl. The third-order valence-corrected chi connectivity index (χ3v) is 3.92. The molecule has 0 aromatic heterocycles. The summed E-state index contributed by atoms with van der Waals surface area (Å²) in [5, 5.41) is 0.575. The minimum absolute atomic E-state index is 0. The molecular weight excluding hydrogens is 273 g/mol. The molecule has 0 spiro atoms. The largest absolute Gasteiger partial charge is 0.493 e. The van der Waals surface area contributed by atoms with Crippen LogP contribution in [-0.4, -0.2) is 14.2 Å². The number of nitrogens with two attached hydrogens (primary N) is 1. The summed E-state index contributed by atoms with van der Waals surface area (Å²) in [7, 11) is 3.18. The fourth-order valence-electron chi connectivity index (χ4n) is 2.21. The van der Waals surface area contributed by atoms with Crippen molar-refractivity contribution in [1.29, 1.82) is 0 Å². The van der Waals surface area contributed by atoms with Gasteiger partial charge in [0, 0.05) is 6.04 Å². The van der Waals surface area contributed by atoms with E-state index in [1.807, 2.05) is 12.1 Å². The molecule has 5 heteroatoms. The van der Waals surface area contributed by atoms with E-state index < -0.39 is 0 Å². The summed E-state index contributed by atoms with van der Waals surface area (Å²) in [6.45, 7) is 0. The first kappa shape index (κ1) is 15.4. The molecule has 0 aliphatic heterocycles. The number of ether oxygens (including phenoxy) is 2. The second-order valence-electron chi connectivity index (χ2n) is 4.42. The summed E-state index contributed by atoms with van der Waals surface area (Å²) in [4.78, 5) is 0. The van der Waals surface area contributed by atoms with Crippen LogP contribution in [0.3, 0.4) is 0 Å². The molecule has 0 bridgehead atoms. The van der Waals surface area contributed by atoms with E-state index in [1.165, 1.54) is 19.3 Å². The fourth-order valence-corrected chi connectivity index (χ4v) is 2.57. The van der Waals surface area contributed by atoms with E-state index in [1.54, 1.807) is 14.2 Å². The van der Waals surface area contributed by atoms with Gasteiger partial charge in [0.1, 0.15) is 0 Å². The molecular formula is C13H19Cl2NO2. The van der Waals surface area contributed by atoms with Crippen molar-refractivity contribution in [3.63, 3.8) is 0 Å². The van der Waals surface area contributed by atoms with Gasteiger partial charge in [0.15, 0.2) is 11.5 Å². The van der Waals surface area contributed by atoms with Crippen molar-refractivity contribution in [3.05, 3.63) is 22.7 Å². The van der Waals surface area contributed by atoms with E-state index in [4.69, 9.17) is 26.8 Å². The Morgan fingerprint density at radius 1 is 1.28 bits per heavy atom. The van der Waals surface area contributed by atoms with Gasteiger partial charge in [-0.1, -0.05) is 24.1 Å². The molecule has 2 N–H and O–H groups in total. The molecule has 1 atom stereocenters. The summed E-state index contributed by atoms with van der Waals surface area (Å²) < 4.78 is 10.5. The third-order valence-electron chi connectivity index (χ3n) is 3.53. The predicted molar refractivity (Wildman–Crippen MR) is 76.1 cm³/mol. The minimum Gasteiger partial charge on any atom is -0.493 e. The van der Waals surface area contributed by atoms with Crippen LogP contribution in [0.5, 0.6) is 11.5 Å². The molecule has 1 aromatic carbocycles. The highest BCUT2D eigenvalue weighted by molar-refractivity contribution is 6.33. The maximum atomic E-state index is 6.33. The van der Waals surface area contributed by atoms with Crippen LogP contribution >= 0.6 is 24.0 Å². The minimum atomic E-state index is -0.00365. The van der Waals surface area contributed by atoms with Gasteiger partial charge in [0.2, 0.25) is 0 Å². The summed E-state index contributed by atoms with van der Waals surface area (Å²) in [6.07, 6.45) is 3.64. The Bertz CT molecular complexity index is 408. The van der Waals surface area contributed by atoms with Crippen LogP contribution in [0.25, 0.3) is 0 Å². The van der Waals surface area contributed by atoms with Gasteiger partial charge in [-0.25, -0.2) is 0 Å². The Hall–Kier alpha value is -0.640. The predicted octanol–water partition coefficient (Wildman–Crippen LogP) is 3.58. The zero-order valence-corrected chi connectivity index (χ0v) is 12.2. The molecule has 2 rings (SSSR count). The third kappa shape index (κ3) is 2.68. The quantitative estimate of drug-likeness (QED) is 0.922. The number of rotatable bonds is 4. The Morgan fingerprint density at radius 2 is 1.94 bits per heavy atom. The molecule has 3 nitrogen and oxygen atoms in total. The van der Waals surface area contributed by atoms with Crippen LogP contribution in [0, 0.1) is 5.92 Å². The smallest absolute Gasteiger partial charge is 0.179 e. The summed E-state index contributed by atoms with van der Waals surface area (Å²) >= 11 is 6.33. The van der Waals surface area contributed by atoms with Gasteiger partial charge in [-0.15, -0.1) is 12.4 Å². The average Bonchev–Trinajstić information content (AvgIpc) is 2.25. The zero-order chi connectivity index (χ0) is 12.4. The molecule has 0 unspecified atom stereocenters. The van der Waals surface area contributed by atoms with E-state index in [2.05, 4.69) is 0 Å². The normalized spacial score (nSPS) is 16.4. The highest BCUT2D eigenvalue weighted by atomic mass is 35.5. The second kappa shape index (κ2) is 6.50. The van der Waals surface area contributed by atoms with Gasteiger partial charge in [-0.05, 0) is 30.4 Å². The van der Waals surface area contributed by atoms with Gasteiger partial charge in [-0.3, -0.25) is 0 Å². The van der Waals surface area contributed by atoms with Crippen LogP contribution in [0.4, 0.5) is 0 Å².